The SMILES string of the molecule is O=C(O)Cc1nc2nccc(C3CCCC3)n2n1. The first-order valence-electron chi connectivity index (χ1n) is 6.16. The van der Waals surface area contributed by atoms with Crippen molar-refractivity contribution in [3.8, 4) is 0 Å². The molecule has 1 N–H and O–H groups in total. The fourth-order valence-corrected chi connectivity index (χ4v) is 2.59. The third-order valence-corrected chi connectivity index (χ3v) is 3.40. The van der Waals surface area contributed by atoms with Gasteiger partial charge in [-0.2, -0.15) is 4.98 Å². The molecule has 2 heterocycles. The Hall–Kier alpha value is -1.98. The van der Waals surface area contributed by atoms with Crippen molar-refractivity contribution in [3.05, 3.63) is 23.8 Å². The van der Waals surface area contributed by atoms with Crippen LogP contribution < -0.4 is 0 Å². The number of rotatable bonds is 3. The van der Waals surface area contributed by atoms with Gasteiger partial charge in [-0.1, -0.05) is 12.8 Å². The molecule has 6 heteroatoms. The first-order valence-corrected chi connectivity index (χ1v) is 6.16. The predicted molar refractivity (Wildman–Crippen MR) is 63.3 cm³/mol. The molecule has 2 aromatic rings. The molecule has 1 fully saturated rings. The second-order valence-electron chi connectivity index (χ2n) is 4.66. The molecule has 1 saturated carbocycles. The van der Waals surface area contributed by atoms with Crippen molar-refractivity contribution < 1.29 is 9.90 Å². The summed E-state index contributed by atoms with van der Waals surface area (Å²) < 4.78 is 1.70. The number of fused-ring (bicyclic) bond motifs is 1. The summed E-state index contributed by atoms with van der Waals surface area (Å²) in [7, 11) is 0. The van der Waals surface area contributed by atoms with Crippen LogP contribution in [0.15, 0.2) is 12.3 Å². The van der Waals surface area contributed by atoms with Gasteiger partial charge in [-0.15, -0.1) is 5.10 Å². The van der Waals surface area contributed by atoms with Gasteiger partial charge >= 0.3 is 5.97 Å². The quantitative estimate of drug-likeness (QED) is 0.885. The average Bonchev–Trinajstić information content (AvgIpc) is 2.94. The van der Waals surface area contributed by atoms with Crippen LogP contribution in [-0.2, 0) is 11.2 Å². The van der Waals surface area contributed by atoms with Crippen LogP contribution in [0.25, 0.3) is 5.78 Å². The number of aliphatic carboxylic acids is 1. The maximum atomic E-state index is 10.7. The molecule has 0 aliphatic heterocycles. The molecule has 0 atom stereocenters. The molecular formula is C12H14N4O2. The minimum Gasteiger partial charge on any atom is -0.481 e. The lowest BCUT2D eigenvalue weighted by Crippen LogP contribution is -2.05. The summed E-state index contributed by atoms with van der Waals surface area (Å²) in [4.78, 5) is 19.0. The summed E-state index contributed by atoms with van der Waals surface area (Å²) in [6.45, 7) is 0. The van der Waals surface area contributed by atoms with Crippen molar-refractivity contribution >= 4 is 11.7 Å². The zero-order valence-corrected chi connectivity index (χ0v) is 9.91. The monoisotopic (exact) mass is 246 g/mol. The minimum absolute atomic E-state index is 0.159. The van der Waals surface area contributed by atoms with Gasteiger partial charge in [0, 0.05) is 12.1 Å². The maximum absolute atomic E-state index is 10.7. The van der Waals surface area contributed by atoms with Crippen molar-refractivity contribution in [2.24, 2.45) is 0 Å². The van der Waals surface area contributed by atoms with Gasteiger partial charge < -0.3 is 5.11 Å². The van der Waals surface area contributed by atoms with Gasteiger partial charge in [0.1, 0.15) is 6.42 Å². The lowest BCUT2D eigenvalue weighted by molar-refractivity contribution is -0.136. The maximum Gasteiger partial charge on any atom is 0.311 e. The molecule has 0 radical (unpaired) electrons. The van der Waals surface area contributed by atoms with Crippen LogP contribution in [0.4, 0.5) is 0 Å². The van der Waals surface area contributed by atoms with E-state index in [9.17, 15) is 4.79 Å². The molecule has 0 spiro atoms. The molecule has 0 unspecified atom stereocenters. The Kier molecular flexibility index (Phi) is 2.70. The third-order valence-electron chi connectivity index (χ3n) is 3.40. The van der Waals surface area contributed by atoms with Crippen molar-refractivity contribution in [3.63, 3.8) is 0 Å². The number of hydrogen-bond acceptors (Lipinski definition) is 4. The van der Waals surface area contributed by atoms with Crippen molar-refractivity contribution in [2.75, 3.05) is 0 Å². The molecular weight excluding hydrogens is 232 g/mol. The van der Waals surface area contributed by atoms with E-state index in [1.54, 1.807) is 10.7 Å². The Balaban J connectivity index is 2.03. The van der Waals surface area contributed by atoms with Crippen LogP contribution in [0, 0.1) is 0 Å². The summed E-state index contributed by atoms with van der Waals surface area (Å²) in [5.41, 5.74) is 1.10. The first kappa shape index (κ1) is 11.1. The van der Waals surface area contributed by atoms with Crippen molar-refractivity contribution in [2.45, 2.75) is 38.0 Å². The first-order chi connectivity index (χ1) is 8.74. The van der Waals surface area contributed by atoms with E-state index < -0.39 is 5.97 Å². The van der Waals surface area contributed by atoms with Gasteiger partial charge in [0.15, 0.2) is 5.82 Å². The molecule has 18 heavy (non-hydrogen) atoms. The zero-order chi connectivity index (χ0) is 12.5. The van der Waals surface area contributed by atoms with Gasteiger partial charge in [-0.05, 0) is 18.9 Å². The van der Waals surface area contributed by atoms with Crippen molar-refractivity contribution in [1.29, 1.82) is 0 Å². The highest BCUT2D eigenvalue weighted by atomic mass is 16.4. The van der Waals surface area contributed by atoms with E-state index in [-0.39, 0.29) is 6.42 Å². The number of carboxylic acids is 1. The fourth-order valence-electron chi connectivity index (χ4n) is 2.59. The van der Waals surface area contributed by atoms with Crippen LogP contribution in [0.2, 0.25) is 0 Å². The standard InChI is InChI=1S/C12H14N4O2/c17-11(18)7-10-14-12-13-6-5-9(16(12)15-10)8-3-1-2-4-8/h5-6,8H,1-4,7H2,(H,17,18). The highest BCUT2D eigenvalue weighted by Crippen LogP contribution is 2.33. The van der Waals surface area contributed by atoms with E-state index in [0.29, 0.717) is 17.5 Å². The number of carboxylic acid groups (broad SMARTS) is 1. The second kappa shape index (κ2) is 4.36. The van der Waals surface area contributed by atoms with Crippen LogP contribution in [0.3, 0.4) is 0 Å². The summed E-state index contributed by atoms with van der Waals surface area (Å²) in [5, 5.41) is 13.0. The highest BCUT2D eigenvalue weighted by molar-refractivity contribution is 5.69. The second-order valence-corrected chi connectivity index (χ2v) is 4.66. The summed E-state index contributed by atoms with van der Waals surface area (Å²) >= 11 is 0. The molecule has 94 valence electrons. The summed E-state index contributed by atoms with van der Waals surface area (Å²) in [5.74, 6) is 0.388. The summed E-state index contributed by atoms with van der Waals surface area (Å²) in [6.07, 6.45) is 6.37. The van der Waals surface area contributed by atoms with Gasteiger partial charge in [0.05, 0.1) is 5.69 Å². The number of hydrogen-bond donors (Lipinski definition) is 1. The Bertz CT molecular complexity index is 587. The smallest absolute Gasteiger partial charge is 0.311 e. The average molecular weight is 246 g/mol. The van der Waals surface area contributed by atoms with Crippen LogP contribution in [-0.4, -0.2) is 30.7 Å². The summed E-state index contributed by atoms with van der Waals surface area (Å²) in [6, 6.07) is 1.96. The Morgan fingerprint density at radius 3 is 2.94 bits per heavy atom. The molecule has 0 bridgehead atoms. The van der Waals surface area contributed by atoms with E-state index in [2.05, 4.69) is 15.1 Å². The molecule has 1 aliphatic carbocycles. The molecule has 0 amide bonds. The molecule has 1 aliphatic rings. The van der Waals surface area contributed by atoms with Gasteiger partial charge in [0.25, 0.3) is 5.78 Å². The van der Waals surface area contributed by atoms with Crippen LogP contribution in [0.1, 0.15) is 43.1 Å². The van der Waals surface area contributed by atoms with Gasteiger partial charge in [0.2, 0.25) is 0 Å². The molecule has 2 aromatic heterocycles. The highest BCUT2D eigenvalue weighted by Gasteiger charge is 2.21. The third kappa shape index (κ3) is 1.94. The van der Waals surface area contributed by atoms with Crippen LogP contribution in [0.5, 0.6) is 0 Å². The largest absolute Gasteiger partial charge is 0.481 e. The Morgan fingerprint density at radius 1 is 1.44 bits per heavy atom. The Morgan fingerprint density at radius 2 is 2.22 bits per heavy atom. The minimum atomic E-state index is -0.923. The lowest BCUT2D eigenvalue weighted by atomic mass is 10.0. The van der Waals surface area contributed by atoms with Crippen molar-refractivity contribution in [1.82, 2.24) is 19.6 Å². The number of nitrogens with zero attached hydrogens (tertiary/aromatic N) is 4. The number of aromatic nitrogens is 4. The Labute approximate surface area is 104 Å². The zero-order valence-electron chi connectivity index (χ0n) is 9.91. The molecule has 3 rings (SSSR count). The molecule has 0 saturated heterocycles. The van der Waals surface area contributed by atoms with Gasteiger partial charge in [-0.25, -0.2) is 9.50 Å². The molecule has 6 nitrogen and oxygen atoms in total. The van der Waals surface area contributed by atoms with Gasteiger partial charge in [-0.3, -0.25) is 4.79 Å². The molecule has 0 aromatic carbocycles. The predicted octanol–water partition coefficient (Wildman–Crippen LogP) is 1.41. The van der Waals surface area contributed by atoms with E-state index in [0.717, 1.165) is 18.5 Å². The topological polar surface area (TPSA) is 80.4 Å². The normalized spacial score (nSPS) is 16.4. The number of carbonyl (C=O) groups is 1. The lowest BCUT2D eigenvalue weighted by Gasteiger charge is -2.09. The van der Waals surface area contributed by atoms with Crippen LogP contribution >= 0.6 is 0 Å². The fraction of sp³-hybridized carbons (Fsp3) is 0.500. The van der Waals surface area contributed by atoms with E-state index in [1.165, 1.54) is 12.8 Å². The van der Waals surface area contributed by atoms with E-state index in [4.69, 9.17) is 5.11 Å². The van der Waals surface area contributed by atoms with E-state index >= 15 is 0 Å². The van der Waals surface area contributed by atoms with E-state index in [1.807, 2.05) is 6.07 Å².